The zero-order chi connectivity index (χ0) is 16.0. The minimum Gasteiger partial charge on any atom is -0.320 e. The Labute approximate surface area is 130 Å². The van der Waals surface area contributed by atoms with E-state index in [9.17, 15) is 13.6 Å². The molecule has 2 heterocycles. The van der Waals surface area contributed by atoms with Crippen molar-refractivity contribution >= 4 is 17.2 Å². The second-order valence-corrected chi connectivity index (χ2v) is 5.55. The van der Waals surface area contributed by atoms with Crippen LogP contribution in [-0.2, 0) is 0 Å². The Hall–Kier alpha value is -2.83. The maximum Gasteiger partial charge on any atom is 0.274 e. The molecule has 23 heavy (non-hydrogen) atoms. The SMILES string of the molecule is O=C(Nc1cc(F)cc(F)c1)c1cc(C2CC2)n2nccc2n1. The van der Waals surface area contributed by atoms with E-state index < -0.39 is 17.5 Å². The number of benzene rings is 1. The van der Waals surface area contributed by atoms with E-state index in [1.165, 1.54) is 0 Å². The van der Waals surface area contributed by atoms with Gasteiger partial charge in [0.25, 0.3) is 5.91 Å². The van der Waals surface area contributed by atoms with E-state index in [0.29, 0.717) is 11.6 Å². The van der Waals surface area contributed by atoms with Gasteiger partial charge in [-0.15, -0.1) is 0 Å². The van der Waals surface area contributed by atoms with Crippen molar-refractivity contribution in [3.63, 3.8) is 0 Å². The van der Waals surface area contributed by atoms with Crippen LogP contribution in [0.1, 0.15) is 34.9 Å². The molecule has 2 aromatic heterocycles. The van der Waals surface area contributed by atoms with E-state index in [2.05, 4.69) is 15.4 Å². The highest BCUT2D eigenvalue weighted by molar-refractivity contribution is 6.03. The molecular weight excluding hydrogens is 302 g/mol. The van der Waals surface area contributed by atoms with Gasteiger partial charge in [-0.1, -0.05) is 0 Å². The Kier molecular flexibility index (Phi) is 3.07. The van der Waals surface area contributed by atoms with Gasteiger partial charge >= 0.3 is 0 Å². The maximum absolute atomic E-state index is 13.2. The van der Waals surface area contributed by atoms with Crippen LogP contribution in [0.2, 0.25) is 0 Å². The monoisotopic (exact) mass is 314 g/mol. The van der Waals surface area contributed by atoms with E-state index in [1.54, 1.807) is 22.8 Å². The summed E-state index contributed by atoms with van der Waals surface area (Å²) in [5.74, 6) is -1.64. The van der Waals surface area contributed by atoms with E-state index in [0.717, 1.165) is 36.7 Å². The molecule has 0 aliphatic heterocycles. The number of hydrogen-bond donors (Lipinski definition) is 1. The zero-order valence-electron chi connectivity index (χ0n) is 12.0. The number of aromatic nitrogens is 3. The largest absolute Gasteiger partial charge is 0.320 e. The van der Waals surface area contributed by atoms with Gasteiger partial charge in [-0.3, -0.25) is 4.79 Å². The molecule has 0 spiro atoms. The molecule has 1 amide bonds. The zero-order valence-corrected chi connectivity index (χ0v) is 12.0. The predicted octanol–water partition coefficient (Wildman–Crippen LogP) is 3.14. The molecule has 116 valence electrons. The van der Waals surface area contributed by atoms with Crippen molar-refractivity contribution in [2.24, 2.45) is 0 Å². The fraction of sp³-hybridized carbons (Fsp3) is 0.188. The highest BCUT2D eigenvalue weighted by atomic mass is 19.1. The molecule has 0 unspecified atom stereocenters. The molecule has 1 N–H and O–H groups in total. The van der Waals surface area contributed by atoms with Gasteiger partial charge in [0.05, 0.1) is 6.20 Å². The molecule has 1 aromatic carbocycles. The van der Waals surface area contributed by atoms with Gasteiger partial charge < -0.3 is 5.32 Å². The molecule has 1 aliphatic rings. The first-order chi connectivity index (χ1) is 11.1. The third-order valence-electron chi connectivity index (χ3n) is 3.74. The highest BCUT2D eigenvalue weighted by Crippen LogP contribution is 2.40. The quantitative estimate of drug-likeness (QED) is 0.808. The summed E-state index contributed by atoms with van der Waals surface area (Å²) in [5, 5.41) is 6.68. The number of carbonyl (C=O) groups is 1. The first kappa shape index (κ1) is 13.8. The summed E-state index contributed by atoms with van der Waals surface area (Å²) in [6, 6.07) is 6.25. The van der Waals surface area contributed by atoms with Gasteiger partial charge in [-0.2, -0.15) is 5.10 Å². The lowest BCUT2D eigenvalue weighted by atomic mass is 10.2. The number of anilines is 1. The van der Waals surface area contributed by atoms with E-state index in [4.69, 9.17) is 0 Å². The fourth-order valence-corrected chi connectivity index (χ4v) is 2.54. The van der Waals surface area contributed by atoms with Crippen molar-refractivity contribution in [1.29, 1.82) is 0 Å². The van der Waals surface area contributed by atoms with Crippen LogP contribution in [0.4, 0.5) is 14.5 Å². The number of fused-ring (bicyclic) bond motifs is 1. The van der Waals surface area contributed by atoms with Crippen molar-refractivity contribution < 1.29 is 13.6 Å². The number of amides is 1. The van der Waals surface area contributed by atoms with Crippen LogP contribution >= 0.6 is 0 Å². The third-order valence-corrected chi connectivity index (χ3v) is 3.74. The van der Waals surface area contributed by atoms with Crippen LogP contribution < -0.4 is 5.32 Å². The summed E-state index contributed by atoms with van der Waals surface area (Å²) >= 11 is 0. The van der Waals surface area contributed by atoms with Crippen LogP contribution in [0.3, 0.4) is 0 Å². The minimum absolute atomic E-state index is 0.0515. The molecule has 4 rings (SSSR count). The molecular formula is C16H12F2N4O. The van der Waals surface area contributed by atoms with E-state index >= 15 is 0 Å². The number of halogens is 2. The van der Waals surface area contributed by atoms with Crippen molar-refractivity contribution in [2.75, 3.05) is 5.32 Å². The van der Waals surface area contributed by atoms with Crippen LogP contribution in [0, 0.1) is 11.6 Å². The van der Waals surface area contributed by atoms with Crippen LogP contribution in [0.15, 0.2) is 36.5 Å². The summed E-state index contributed by atoms with van der Waals surface area (Å²) in [4.78, 5) is 16.6. The molecule has 0 radical (unpaired) electrons. The number of rotatable bonds is 3. The smallest absolute Gasteiger partial charge is 0.274 e. The van der Waals surface area contributed by atoms with Gasteiger partial charge in [0.1, 0.15) is 17.3 Å². The summed E-state index contributed by atoms with van der Waals surface area (Å²) in [6.07, 6.45) is 3.72. The lowest BCUT2D eigenvalue weighted by molar-refractivity contribution is 0.102. The number of nitrogens with one attached hydrogen (secondary N) is 1. The fourth-order valence-electron chi connectivity index (χ4n) is 2.54. The average molecular weight is 314 g/mol. The molecule has 1 fully saturated rings. The van der Waals surface area contributed by atoms with Gasteiger partial charge in [0, 0.05) is 29.4 Å². The molecule has 1 saturated carbocycles. The van der Waals surface area contributed by atoms with Gasteiger partial charge in [-0.05, 0) is 31.0 Å². The molecule has 3 aromatic rings. The van der Waals surface area contributed by atoms with Gasteiger partial charge in [0.15, 0.2) is 5.65 Å². The lowest BCUT2D eigenvalue weighted by Gasteiger charge is -2.08. The lowest BCUT2D eigenvalue weighted by Crippen LogP contribution is -2.16. The van der Waals surface area contributed by atoms with Crippen LogP contribution in [-0.4, -0.2) is 20.5 Å². The second-order valence-electron chi connectivity index (χ2n) is 5.55. The summed E-state index contributed by atoms with van der Waals surface area (Å²) in [7, 11) is 0. The van der Waals surface area contributed by atoms with Crippen molar-refractivity contribution in [3.05, 3.63) is 59.6 Å². The number of nitrogens with zero attached hydrogens (tertiary/aromatic N) is 3. The Bertz CT molecular complexity index is 897. The van der Waals surface area contributed by atoms with Crippen LogP contribution in [0.25, 0.3) is 5.65 Å². The average Bonchev–Trinajstić information content (AvgIpc) is 3.22. The summed E-state index contributed by atoms with van der Waals surface area (Å²) in [5.41, 5.74) is 1.75. The Morgan fingerprint density at radius 2 is 1.91 bits per heavy atom. The van der Waals surface area contributed by atoms with Gasteiger partial charge in [-0.25, -0.2) is 18.3 Å². The molecule has 0 atom stereocenters. The Morgan fingerprint density at radius 1 is 1.17 bits per heavy atom. The predicted molar refractivity (Wildman–Crippen MR) is 79.3 cm³/mol. The van der Waals surface area contributed by atoms with Crippen molar-refractivity contribution in [1.82, 2.24) is 14.6 Å². The topological polar surface area (TPSA) is 59.3 Å². The Balaban J connectivity index is 1.69. The maximum atomic E-state index is 13.2. The Morgan fingerprint density at radius 3 is 2.61 bits per heavy atom. The standard InChI is InChI=1S/C16H12F2N4O/c17-10-5-11(18)7-12(6-10)20-16(23)13-8-14(9-1-2-9)22-15(21-13)3-4-19-22/h3-9H,1-2H2,(H,20,23). The van der Waals surface area contributed by atoms with Gasteiger partial charge in [0.2, 0.25) is 0 Å². The molecule has 1 aliphatic carbocycles. The second kappa shape index (κ2) is 5.12. The minimum atomic E-state index is -0.752. The molecule has 0 bridgehead atoms. The first-order valence-corrected chi connectivity index (χ1v) is 7.22. The van der Waals surface area contributed by atoms with Crippen LogP contribution in [0.5, 0.6) is 0 Å². The van der Waals surface area contributed by atoms with Crippen molar-refractivity contribution in [2.45, 2.75) is 18.8 Å². The summed E-state index contributed by atoms with van der Waals surface area (Å²) < 4.78 is 28.1. The number of carbonyl (C=O) groups excluding carboxylic acids is 1. The molecule has 5 nitrogen and oxygen atoms in total. The van der Waals surface area contributed by atoms with Crippen molar-refractivity contribution in [3.8, 4) is 0 Å². The normalized spacial score (nSPS) is 14.2. The summed E-state index contributed by atoms with van der Waals surface area (Å²) in [6.45, 7) is 0. The third kappa shape index (κ3) is 2.65. The first-order valence-electron chi connectivity index (χ1n) is 7.22. The van der Waals surface area contributed by atoms with E-state index in [-0.39, 0.29) is 11.4 Å². The van der Waals surface area contributed by atoms with E-state index in [1.807, 2.05) is 0 Å². The molecule has 7 heteroatoms. The highest BCUT2D eigenvalue weighted by Gasteiger charge is 2.28. The number of hydrogen-bond acceptors (Lipinski definition) is 3. The molecule has 0 saturated heterocycles.